The maximum atomic E-state index is 12.1. The molecule has 0 aliphatic heterocycles. The van der Waals surface area contributed by atoms with Gasteiger partial charge in [-0.05, 0) is 43.0 Å². The van der Waals surface area contributed by atoms with Crippen molar-refractivity contribution in [2.45, 2.75) is 26.2 Å². The molecule has 0 saturated carbocycles. The molecule has 0 unspecified atom stereocenters. The van der Waals surface area contributed by atoms with Crippen molar-refractivity contribution in [2.75, 3.05) is 13.6 Å². The van der Waals surface area contributed by atoms with Gasteiger partial charge in [0, 0.05) is 32.4 Å². The predicted octanol–water partition coefficient (Wildman–Crippen LogP) is 3.02. The lowest BCUT2D eigenvalue weighted by Crippen LogP contribution is -2.29. The number of aryl methyl sites for hydroxylation is 2. The van der Waals surface area contributed by atoms with Crippen LogP contribution in [0.5, 0.6) is 0 Å². The van der Waals surface area contributed by atoms with Crippen LogP contribution in [0.2, 0.25) is 0 Å². The number of aromatic nitrogens is 1. The molecule has 1 amide bonds. The average Bonchev–Trinajstić information content (AvgIpc) is 2.51. The van der Waals surface area contributed by atoms with Crippen molar-refractivity contribution in [3.63, 3.8) is 0 Å². The molecule has 0 bridgehead atoms. The first-order chi connectivity index (χ1) is 10.1. The standard InChI is InChI=1S/C18H22N2O/c1-15-4-3-5-17(14-15)6-7-18(21)20(2)13-10-16-8-11-19-12-9-16/h3-5,8-9,11-12,14H,6-7,10,13H2,1-2H3. The molecule has 110 valence electrons. The van der Waals surface area contributed by atoms with Crippen LogP contribution in [0.15, 0.2) is 48.8 Å². The van der Waals surface area contributed by atoms with Crippen LogP contribution < -0.4 is 0 Å². The van der Waals surface area contributed by atoms with Gasteiger partial charge in [-0.1, -0.05) is 29.8 Å². The first-order valence-electron chi connectivity index (χ1n) is 7.33. The van der Waals surface area contributed by atoms with Crippen molar-refractivity contribution < 1.29 is 4.79 Å². The fraction of sp³-hybridized carbons (Fsp3) is 0.333. The molecule has 0 aliphatic carbocycles. The molecule has 21 heavy (non-hydrogen) atoms. The minimum Gasteiger partial charge on any atom is -0.345 e. The lowest BCUT2D eigenvalue weighted by molar-refractivity contribution is -0.129. The number of rotatable bonds is 6. The van der Waals surface area contributed by atoms with Crippen LogP contribution in [0, 0.1) is 6.92 Å². The van der Waals surface area contributed by atoms with E-state index in [0.717, 1.165) is 19.4 Å². The summed E-state index contributed by atoms with van der Waals surface area (Å²) < 4.78 is 0. The highest BCUT2D eigenvalue weighted by Crippen LogP contribution is 2.08. The number of likely N-dealkylation sites (N-methyl/N-ethyl adjacent to an activating group) is 1. The zero-order valence-corrected chi connectivity index (χ0v) is 12.7. The van der Waals surface area contributed by atoms with E-state index in [2.05, 4.69) is 30.1 Å². The van der Waals surface area contributed by atoms with Gasteiger partial charge in [-0.25, -0.2) is 0 Å². The number of carbonyl (C=O) groups excluding carboxylic acids is 1. The van der Waals surface area contributed by atoms with Gasteiger partial charge in [0.15, 0.2) is 0 Å². The third kappa shape index (κ3) is 5.03. The van der Waals surface area contributed by atoms with E-state index < -0.39 is 0 Å². The van der Waals surface area contributed by atoms with Crippen LogP contribution >= 0.6 is 0 Å². The Morgan fingerprint density at radius 1 is 1.10 bits per heavy atom. The minimum absolute atomic E-state index is 0.200. The SMILES string of the molecule is Cc1cccc(CCC(=O)N(C)CCc2ccncc2)c1. The Bertz CT molecular complexity index is 581. The molecule has 1 aromatic carbocycles. The van der Waals surface area contributed by atoms with Gasteiger partial charge in [-0.3, -0.25) is 9.78 Å². The molecule has 0 fully saturated rings. The summed E-state index contributed by atoms with van der Waals surface area (Å²) in [7, 11) is 1.87. The zero-order chi connectivity index (χ0) is 15.1. The second-order valence-corrected chi connectivity index (χ2v) is 5.41. The molecule has 2 rings (SSSR count). The molecule has 0 aliphatic rings. The van der Waals surface area contributed by atoms with Crippen molar-refractivity contribution in [1.82, 2.24) is 9.88 Å². The van der Waals surface area contributed by atoms with Crippen LogP contribution in [0.3, 0.4) is 0 Å². The molecule has 2 aromatic rings. The van der Waals surface area contributed by atoms with E-state index in [0.29, 0.717) is 6.42 Å². The Labute approximate surface area is 126 Å². The number of hydrogen-bond acceptors (Lipinski definition) is 2. The van der Waals surface area contributed by atoms with Crippen LogP contribution in [0.1, 0.15) is 23.1 Å². The molecule has 3 heteroatoms. The quantitative estimate of drug-likeness (QED) is 0.816. The minimum atomic E-state index is 0.200. The summed E-state index contributed by atoms with van der Waals surface area (Å²) in [5.74, 6) is 0.200. The van der Waals surface area contributed by atoms with Crippen LogP contribution in [0.25, 0.3) is 0 Å². The molecule has 0 atom stereocenters. The summed E-state index contributed by atoms with van der Waals surface area (Å²) in [5.41, 5.74) is 3.68. The van der Waals surface area contributed by atoms with Gasteiger partial charge in [0.2, 0.25) is 5.91 Å². The number of hydrogen-bond donors (Lipinski definition) is 0. The van der Waals surface area contributed by atoms with E-state index >= 15 is 0 Å². The van der Waals surface area contributed by atoms with E-state index in [9.17, 15) is 4.79 Å². The summed E-state index contributed by atoms with van der Waals surface area (Å²) in [6, 6.07) is 12.3. The Kier molecular flexibility index (Phi) is 5.50. The second-order valence-electron chi connectivity index (χ2n) is 5.41. The summed E-state index contributed by atoms with van der Waals surface area (Å²) in [4.78, 5) is 17.9. The number of carbonyl (C=O) groups is 1. The molecular formula is C18H22N2O. The van der Waals surface area contributed by atoms with Gasteiger partial charge in [-0.15, -0.1) is 0 Å². The Hall–Kier alpha value is -2.16. The van der Waals surface area contributed by atoms with Crippen LogP contribution in [-0.4, -0.2) is 29.4 Å². The molecule has 0 spiro atoms. The normalized spacial score (nSPS) is 10.4. The molecular weight excluding hydrogens is 260 g/mol. The van der Waals surface area contributed by atoms with Crippen molar-refractivity contribution in [3.05, 3.63) is 65.5 Å². The van der Waals surface area contributed by atoms with Crippen molar-refractivity contribution in [3.8, 4) is 0 Å². The predicted molar refractivity (Wildman–Crippen MR) is 85.1 cm³/mol. The van der Waals surface area contributed by atoms with Gasteiger partial charge < -0.3 is 4.90 Å². The van der Waals surface area contributed by atoms with Gasteiger partial charge in [0.1, 0.15) is 0 Å². The summed E-state index contributed by atoms with van der Waals surface area (Å²) in [6.07, 6.45) is 5.81. The van der Waals surface area contributed by atoms with Crippen LogP contribution in [0.4, 0.5) is 0 Å². The van der Waals surface area contributed by atoms with E-state index in [1.807, 2.05) is 30.1 Å². The highest BCUT2D eigenvalue weighted by atomic mass is 16.2. The average molecular weight is 282 g/mol. The topological polar surface area (TPSA) is 33.2 Å². The molecule has 0 radical (unpaired) electrons. The van der Waals surface area contributed by atoms with Crippen molar-refractivity contribution in [2.24, 2.45) is 0 Å². The molecule has 1 aromatic heterocycles. The zero-order valence-electron chi connectivity index (χ0n) is 12.7. The Balaban J connectivity index is 1.77. The first kappa shape index (κ1) is 15.2. The summed E-state index contributed by atoms with van der Waals surface area (Å²) in [6.45, 7) is 2.82. The summed E-state index contributed by atoms with van der Waals surface area (Å²) >= 11 is 0. The lowest BCUT2D eigenvalue weighted by Gasteiger charge is -2.17. The maximum absolute atomic E-state index is 12.1. The number of amides is 1. The smallest absolute Gasteiger partial charge is 0.222 e. The largest absolute Gasteiger partial charge is 0.345 e. The van der Waals surface area contributed by atoms with E-state index in [4.69, 9.17) is 0 Å². The van der Waals surface area contributed by atoms with Gasteiger partial charge >= 0.3 is 0 Å². The van der Waals surface area contributed by atoms with Crippen molar-refractivity contribution >= 4 is 5.91 Å². The van der Waals surface area contributed by atoms with Gasteiger partial charge in [0.05, 0.1) is 0 Å². The summed E-state index contributed by atoms with van der Waals surface area (Å²) in [5, 5.41) is 0. The van der Waals surface area contributed by atoms with Crippen molar-refractivity contribution in [1.29, 1.82) is 0 Å². The van der Waals surface area contributed by atoms with E-state index in [1.54, 1.807) is 12.4 Å². The third-order valence-electron chi connectivity index (χ3n) is 3.62. The Morgan fingerprint density at radius 2 is 1.86 bits per heavy atom. The number of benzene rings is 1. The highest BCUT2D eigenvalue weighted by Gasteiger charge is 2.08. The number of pyridine rings is 1. The van der Waals surface area contributed by atoms with E-state index in [1.165, 1.54) is 16.7 Å². The fourth-order valence-electron chi connectivity index (χ4n) is 2.28. The third-order valence-corrected chi connectivity index (χ3v) is 3.62. The number of nitrogens with zero attached hydrogens (tertiary/aromatic N) is 2. The molecule has 0 saturated heterocycles. The molecule has 0 N–H and O–H groups in total. The van der Waals surface area contributed by atoms with Crippen LogP contribution in [-0.2, 0) is 17.6 Å². The first-order valence-corrected chi connectivity index (χ1v) is 7.33. The fourth-order valence-corrected chi connectivity index (χ4v) is 2.28. The highest BCUT2D eigenvalue weighted by molar-refractivity contribution is 5.76. The van der Waals surface area contributed by atoms with E-state index in [-0.39, 0.29) is 5.91 Å². The molecule has 1 heterocycles. The van der Waals surface area contributed by atoms with Gasteiger partial charge in [-0.2, -0.15) is 0 Å². The monoisotopic (exact) mass is 282 g/mol. The maximum Gasteiger partial charge on any atom is 0.222 e. The Morgan fingerprint density at radius 3 is 2.57 bits per heavy atom. The second kappa shape index (κ2) is 7.58. The lowest BCUT2D eigenvalue weighted by atomic mass is 10.1. The molecule has 3 nitrogen and oxygen atoms in total. The van der Waals surface area contributed by atoms with Gasteiger partial charge in [0.25, 0.3) is 0 Å².